The standard InChI is InChI=1S/C20H29NO4/c1-5-15-8-10-20(11-9-15,19(23)24)21-18(22)14(3)17-7-6-16(25-4)12-13(17)2/h6-7,12,14-15H,5,8-11H2,1-4H3,(H,21,22)(H,23,24). The van der Waals surface area contributed by atoms with Gasteiger partial charge in [-0.05, 0) is 68.7 Å². The average Bonchev–Trinajstić information content (AvgIpc) is 2.61. The number of hydrogen-bond donors (Lipinski definition) is 2. The molecule has 1 aliphatic rings. The first-order valence-corrected chi connectivity index (χ1v) is 9.03. The van der Waals surface area contributed by atoms with E-state index in [1.807, 2.05) is 32.0 Å². The van der Waals surface area contributed by atoms with Gasteiger partial charge < -0.3 is 15.2 Å². The summed E-state index contributed by atoms with van der Waals surface area (Å²) in [5, 5.41) is 12.6. The molecule has 1 saturated carbocycles. The SMILES string of the molecule is CCC1CCC(NC(=O)C(C)c2ccc(OC)cc2C)(C(=O)O)CC1. The number of hydrogen-bond acceptors (Lipinski definition) is 3. The van der Waals surface area contributed by atoms with Gasteiger partial charge in [-0.1, -0.05) is 19.4 Å². The van der Waals surface area contributed by atoms with Crippen molar-refractivity contribution in [3.05, 3.63) is 29.3 Å². The van der Waals surface area contributed by atoms with Crippen LogP contribution in [0.5, 0.6) is 5.75 Å². The van der Waals surface area contributed by atoms with Crippen molar-refractivity contribution in [1.29, 1.82) is 0 Å². The lowest BCUT2D eigenvalue weighted by Crippen LogP contribution is -2.57. The molecule has 25 heavy (non-hydrogen) atoms. The number of carbonyl (C=O) groups excluding carboxylic acids is 1. The summed E-state index contributed by atoms with van der Waals surface area (Å²) in [6, 6.07) is 5.59. The number of carboxylic acid groups (broad SMARTS) is 1. The van der Waals surface area contributed by atoms with Crippen LogP contribution in [0.1, 0.15) is 63.0 Å². The number of methoxy groups -OCH3 is 1. The van der Waals surface area contributed by atoms with E-state index in [1.165, 1.54) is 0 Å². The van der Waals surface area contributed by atoms with Crippen molar-refractivity contribution in [2.24, 2.45) is 5.92 Å². The fraction of sp³-hybridized carbons (Fsp3) is 0.600. The topological polar surface area (TPSA) is 75.6 Å². The summed E-state index contributed by atoms with van der Waals surface area (Å²) in [4.78, 5) is 24.7. The van der Waals surface area contributed by atoms with Crippen LogP contribution < -0.4 is 10.1 Å². The second-order valence-electron chi connectivity index (χ2n) is 7.17. The molecule has 1 unspecified atom stereocenters. The van der Waals surface area contributed by atoms with Crippen molar-refractivity contribution in [3.63, 3.8) is 0 Å². The molecule has 0 aromatic heterocycles. The molecule has 1 aliphatic carbocycles. The second-order valence-corrected chi connectivity index (χ2v) is 7.17. The highest BCUT2D eigenvalue weighted by Gasteiger charge is 2.43. The van der Waals surface area contributed by atoms with Gasteiger partial charge in [-0.15, -0.1) is 0 Å². The van der Waals surface area contributed by atoms with Gasteiger partial charge in [0.1, 0.15) is 11.3 Å². The second kappa shape index (κ2) is 7.89. The van der Waals surface area contributed by atoms with Crippen molar-refractivity contribution < 1.29 is 19.4 Å². The van der Waals surface area contributed by atoms with Crippen LogP contribution >= 0.6 is 0 Å². The van der Waals surface area contributed by atoms with E-state index in [0.717, 1.165) is 36.1 Å². The van der Waals surface area contributed by atoms with Crippen LogP contribution in [0, 0.1) is 12.8 Å². The number of amides is 1. The number of aryl methyl sites for hydroxylation is 1. The number of rotatable bonds is 6. The summed E-state index contributed by atoms with van der Waals surface area (Å²) < 4.78 is 5.20. The fourth-order valence-electron chi connectivity index (χ4n) is 3.72. The highest BCUT2D eigenvalue weighted by Crippen LogP contribution is 2.35. The van der Waals surface area contributed by atoms with Crippen molar-refractivity contribution in [1.82, 2.24) is 5.32 Å². The molecule has 1 fully saturated rings. The summed E-state index contributed by atoms with van der Waals surface area (Å²) in [5.74, 6) is -0.259. The molecule has 5 heteroatoms. The third kappa shape index (κ3) is 4.14. The first-order valence-electron chi connectivity index (χ1n) is 9.03. The van der Waals surface area contributed by atoms with Crippen LogP contribution in [-0.4, -0.2) is 29.6 Å². The number of nitrogens with one attached hydrogen (secondary N) is 1. The molecule has 1 aromatic rings. The van der Waals surface area contributed by atoms with E-state index in [9.17, 15) is 14.7 Å². The zero-order valence-corrected chi connectivity index (χ0v) is 15.6. The minimum atomic E-state index is -1.13. The molecule has 0 radical (unpaired) electrons. The smallest absolute Gasteiger partial charge is 0.329 e. The molecule has 0 saturated heterocycles. The third-order valence-corrected chi connectivity index (χ3v) is 5.64. The maximum Gasteiger partial charge on any atom is 0.329 e. The van der Waals surface area contributed by atoms with Crippen molar-refractivity contribution in [2.45, 2.75) is 64.3 Å². The lowest BCUT2D eigenvalue weighted by Gasteiger charge is -2.38. The maximum atomic E-state index is 12.8. The van der Waals surface area contributed by atoms with E-state index in [2.05, 4.69) is 12.2 Å². The minimum absolute atomic E-state index is 0.231. The Morgan fingerprint density at radius 1 is 1.36 bits per heavy atom. The summed E-state index contributed by atoms with van der Waals surface area (Å²) in [6.07, 6.45) is 3.75. The number of carbonyl (C=O) groups is 2. The average molecular weight is 347 g/mol. The summed E-state index contributed by atoms with van der Waals surface area (Å²) in [5.41, 5.74) is 0.722. The Kier molecular flexibility index (Phi) is 6.09. The Morgan fingerprint density at radius 3 is 2.48 bits per heavy atom. The predicted octanol–water partition coefficient (Wildman–Crippen LogP) is 3.65. The van der Waals surface area contributed by atoms with Gasteiger partial charge in [-0.2, -0.15) is 0 Å². The molecule has 0 aliphatic heterocycles. The van der Waals surface area contributed by atoms with Crippen LogP contribution in [0.2, 0.25) is 0 Å². The van der Waals surface area contributed by atoms with E-state index in [4.69, 9.17) is 4.74 Å². The molecule has 2 N–H and O–H groups in total. The molecule has 1 atom stereocenters. The van der Waals surface area contributed by atoms with Gasteiger partial charge >= 0.3 is 5.97 Å². The monoisotopic (exact) mass is 347 g/mol. The van der Waals surface area contributed by atoms with Gasteiger partial charge in [0.15, 0.2) is 0 Å². The van der Waals surface area contributed by atoms with E-state index in [0.29, 0.717) is 18.8 Å². The van der Waals surface area contributed by atoms with E-state index >= 15 is 0 Å². The van der Waals surface area contributed by atoms with E-state index in [1.54, 1.807) is 7.11 Å². The maximum absolute atomic E-state index is 12.8. The molecule has 1 amide bonds. The molecule has 1 aromatic carbocycles. The summed E-state index contributed by atoms with van der Waals surface area (Å²) in [7, 11) is 1.61. The lowest BCUT2D eigenvalue weighted by atomic mass is 9.75. The molecule has 0 heterocycles. The van der Waals surface area contributed by atoms with Crippen LogP contribution in [0.25, 0.3) is 0 Å². The molecular weight excluding hydrogens is 318 g/mol. The Balaban J connectivity index is 2.14. The summed E-state index contributed by atoms with van der Waals surface area (Å²) in [6.45, 7) is 5.88. The Hall–Kier alpha value is -2.04. The zero-order chi connectivity index (χ0) is 18.6. The van der Waals surface area contributed by atoms with Crippen LogP contribution in [0.15, 0.2) is 18.2 Å². The molecule has 2 rings (SSSR count). The Labute approximate surface area is 149 Å². The van der Waals surface area contributed by atoms with Gasteiger partial charge in [0.2, 0.25) is 5.91 Å². The van der Waals surface area contributed by atoms with Crippen LogP contribution in [-0.2, 0) is 9.59 Å². The van der Waals surface area contributed by atoms with Gasteiger partial charge in [-0.25, -0.2) is 4.79 Å². The fourth-order valence-corrected chi connectivity index (χ4v) is 3.72. The van der Waals surface area contributed by atoms with Gasteiger partial charge in [-0.3, -0.25) is 4.79 Å². The van der Waals surface area contributed by atoms with Gasteiger partial charge in [0.05, 0.1) is 13.0 Å². The van der Waals surface area contributed by atoms with Gasteiger partial charge in [0.25, 0.3) is 0 Å². The normalized spacial score (nSPS) is 24.4. The van der Waals surface area contributed by atoms with E-state index in [-0.39, 0.29) is 5.91 Å². The lowest BCUT2D eigenvalue weighted by molar-refractivity contribution is -0.150. The zero-order valence-electron chi connectivity index (χ0n) is 15.6. The highest BCUT2D eigenvalue weighted by molar-refractivity contribution is 5.90. The predicted molar refractivity (Wildman–Crippen MR) is 96.9 cm³/mol. The molecule has 0 spiro atoms. The van der Waals surface area contributed by atoms with Crippen LogP contribution in [0.4, 0.5) is 0 Å². The number of carboxylic acids is 1. The molecule has 138 valence electrons. The minimum Gasteiger partial charge on any atom is -0.497 e. The molecule has 5 nitrogen and oxygen atoms in total. The number of ether oxygens (including phenoxy) is 1. The number of benzene rings is 1. The van der Waals surface area contributed by atoms with Crippen molar-refractivity contribution >= 4 is 11.9 Å². The highest BCUT2D eigenvalue weighted by atomic mass is 16.5. The Bertz CT molecular complexity index is 633. The third-order valence-electron chi connectivity index (χ3n) is 5.64. The van der Waals surface area contributed by atoms with Gasteiger partial charge in [0, 0.05) is 0 Å². The Morgan fingerprint density at radius 2 is 2.00 bits per heavy atom. The molecule has 0 bridgehead atoms. The van der Waals surface area contributed by atoms with Crippen LogP contribution in [0.3, 0.4) is 0 Å². The first kappa shape index (κ1) is 19.3. The summed E-state index contributed by atoms with van der Waals surface area (Å²) >= 11 is 0. The first-order chi connectivity index (χ1) is 11.8. The quantitative estimate of drug-likeness (QED) is 0.824. The van der Waals surface area contributed by atoms with Crippen molar-refractivity contribution in [2.75, 3.05) is 7.11 Å². The number of aliphatic carboxylic acids is 1. The van der Waals surface area contributed by atoms with Crippen molar-refractivity contribution in [3.8, 4) is 5.75 Å². The molecular formula is C20H29NO4. The van der Waals surface area contributed by atoms with E-state index < -0.39 is 17.4 Å². The largest absolute Gasteiger partial charge is 0.497 e.